The zero-order valence-corrected chi connectivity index (χ0v) is 17.9. The minimum absolute atomic E-state index is 0.915. The molecule has 0 bridgehead atoms. The Kier molecular flexibility index (Phi) is 7.33. The summed E-state index contributed by atoms with van der Waals surface area (Å²) in [6.07, 6.45) is 6.63. The number of hydrogen-bond acceptors (Lipinski definition) is 3. The largest absolute Gasteiger partial charge is 0.496 e. The van der Waals surface area contributed by atoms with Gasteiger partial charge in [-0.05, 0) is 67.0 Å². The molecule has 27 heavy (non-hydrogen) atoms. The lowest BCUT2D eigenvalue weighted by molar-refractivity contribution is 0.409. The molecule has 0 aliphatic carbocycles. The number of nitrogens with zero attached hydrogens (tertiary/aromatic N) is 1. The van der Waals surface area contributed by atoms with Gasteiger partial charge in [-0.3, -0.25) is 4.99 Å². The Balaban J connectivity index is 1.87. The van der Waals surface area contributed by atoms with Crippen molar-refractivity contribution in [3.8, 4) is 5.75 Å². The monoisotopic (exact) mass is 428 g/mol. The van der Waals surface area contributed by atoms with Crippen molar-refractivity contribution in [1.29, 1.82) is 0 Å². The summed E-state index contributed by atoms with van der Waals surface area (Å²) < 4.78 is 6.65. The van der Waals surface area contributed by atoms with Crippen LogP contribution in [0.3, 0.4) is 0 Å². The lowest BCUT2D eigenvalue weighted by atomic mass is 9.94. The fourth-order valence-electron chi connectivity index (χ4n) is 3.55. The first-order chi connectivity index (χ1) is 13.2. The molecule has 144 valence electrons. The quantitative estimate of drug-likeness (QED) is 0.616. The van der Waals surface area contributed by atoms with E-state index in [1.807, 2.05) is 12.1 Å². The molecule has 2 aromatic carbocycles. The molecule has 1 N–H and O–H groups in total. The number of rotatable bonds is 8. The van der Waals surface area contributed by atoms with E-state index in [0.29, 0.717) is 0 Å². The summed E-state index contributed by atoms with van der Waals surface area (Å²) >= 11 is 3.58. The summed E-state index contributed by atoms with van der Waals surface area (Å²) in [6, 6.07) is 13.1. The van der Waals surface area contributed by atoms with Gasteiger partial charge in [-0.2, -0.15) is 0 Å². The maximum Gasteiger partial charge on any atom is 0.128 e. The van der Waals surface area contributed by atoms with Crippen LogP contribution in [0.2, 0.25) is 0 Å². The Morgan fingerprint density at radius 1 is 1.07 bits per heavy atom. The zero-order chi connectivity index (χ0) is 19.1. The number of hydrogen-bond donors (Lipinski definition) is 1. The van der Waals surface area contributed by atoms with Gasteiger partial charge in [0.25, 0.3) is 0 Å². The zero-order valence-electron chi connectivity index (χ0n) is 16.4. The van der Waals surface area contributed by atoms with Crippen LogP contribution in [0.5, 0.6) is 5.75 Å². The van der Waals surface area contributed by atoms with E-state index in [2.05, 4.69) is 52.4 Å². The van der Waals surface area contributed by atoms with E-state index in [0.717, 1.165) is 54.8 Å². The fraction of sp³-hybridized carbons (Fsp3) is 0.435. The first-order valence-electron chi connectivity index (χ1n) is 9.94. The summed E-state index contributed by atoms with van der Waals surface area (Å²) in [7, 11) is 1.74. The number of halogens is 1. The predicted octanol–water partition coefficient (Wildman–Crippen LogP) is 5.33. The van der Waals surface area contributed by atoms with Gasteiger partial charge in [0.2, 0.25) is 0 Å². The molecule has 0 radical (unpaired) electrons. The molecule has 0 amide bonds. The highest BCUT2D eigenvalue weighted by Crippen LogP contribution is 2.25. The summed E-state index contributed by atoms with van der Waals surface area (Å²) in [6.45, 7) is 4.17. The number of ether oxygens (including phenoxy) is 1. The van der Waals surface area contributed by atoms with Crippen molar-refractivity contribution in [1.82, 2.24) is 5.32 Å². The molecule has 0 saturated heterocycles. The minimum Gasteiger partial charge on any atom is -0.496 e. The maximum absolute atomic E-state index is 5.56. The van der Waals surface area contributed by atoms with Crippen LogP contribution in [-0.4, -0.2) is 26.0 Å². The molecule has 1 aliphatic heterocycles. The second-order valence-corrected chi connectivity index (χ2v) is 7.98. The van der Waals surface area contributed by atoms with Gasteiger partial charge in [0.1, 0.15) is 11.6 Å². The summed E-state index contributed by atoms with van der Waals surface area (Å²) in [5.74, 6) is 2.01. The van der Waals surface area contributed by atoms with Crippen molar-refractivity contribution < 1.29 is 4.74 Å². The molecule has 0 atom stereocenters. The number of amidine groups is 1. The molecule has 1 aliphatic rings. The molecule has 2 aromatic rings. The van der Waals surface area contributed by atoms with Gasteiger partial charge < -0.3 is 10.1 Å². The molecule has 3 rings (SSSR count). The van der Waals surface area contributed by atoms with Crippen molar-refractivity contribution in [2.24, 2.45) is 4.99 Å². The molecule has 0 unspecified atom stereocenters. The first kappa shape index (κ1) is 19.9. The maximum atomic E-state index is 5.56. The molecule has 1 heterocycles. The highest BCUT2D eigenvalue weighted by atomic mass is 79.9. The van der Waals surface area contributed by atoms with Crippen LogP contribution in [0.1, 0.15) is 48.4 Å². The van der Waals surface area contributed by atoms with Crippen LogP contribution in [0, 0.1) is 0 Å². The highest BCUT2D eigenvalue weighted by molar-refractivity contribution is 9.10. The van der Waals surface area contributed by atoms with Gasteiger partial charge in [-0.25, -0.2) is 0 Å². The first-order valence-corrected chi connectivity index (χ1v) is 10.7. The van der Waals surface area contributed by atoms with Gasteiger partial charge in [0.05, 0.1) is 7.11 Å². The smallest absolute Gasteiger partial charge is 0.128 e. The molecular weight excluding hydrogens is 400 g/mol. The standard InChI is InChI=1S/C23H29BrN2O/c1-3-4-6-17-7-11-21(23-25-13-5-14-26-23)18(15-17)8-9-19-16-20(24)10-12-22(19)27-2/h7,10-12,15-16H,3-6,8-9,13-14H2,1-2H3,(H,25,26). The van der Waals surface area contributed by atoms with Gasteiger partial charge in [0, 0.05) is 23.1 Å². The third kappa shape index (κ3) is 5.35. The molecule has 3 nitrogen and oxygen atoms in total. The predicted molar refractivity (Wildman–Crippen MR) is 117 cm³/mol. The molecule has 0 spiro atoms. The van der Waals surface area contributed by atoms with E-state index in [-0.39, 0.29) is 0 Å². The van der Waals surface area contributed by atoms with E-state index in [4.69, 9.17) is 9.73 Å². The topological polar surface area (TPSA) is 33.6 Å². The summed E-state index contributed by atoms with van der Waals surface area (Å²) in [4.78, 5) is 4.73. The van der Waals surface area contributed by atoms with Crippen LogP contribution >= 0.6 is 15.9 Å². The van der Waals surface area contributed by atoms with Crippen LogP contribution in [0.25, 0.3) is 0 Å². The second-order valence-electron chi connectivity index (χ2n) is 7.06. The number of benzene rings is 2. The Bertz CT molecular complexity index is 801. The number of nitrogens with one attached hydrogen (secondary N) is 1. The van der Waals surface area contributed by atoms with E-state index in [1.165, 1.54) is 35.1 Å². The third-order valence-corrected chi connectivity index (χ3v) is 5.54. The Morgan fingerprint density at radius 2 is 1.93 bits per heavy atom. The molecular formula is C23H29BrN2O. The third-order valence-electron chi connectivity index (χ3n) is 5.05. The van der Waals surface area contributed by atoms with Gasteiger partial charge in [0.15, 0.2) is 0 Å². The second kappa shape index (κ2) is 9.93. The van der Waals surface area contributed by atoms with Gasteiger partial charge >= 0.3 is 0 Å². The molecule has 0 aromatic heterocycles. The number of unbranched alkanes of at least 4 members (excludes halogenated alkanes) is 1. The highest BCUT2D eigenvalue weighted by Gasteiger charge is 2.14. The van der Waals surface area contributed by atoms with Crippen LogP contribution in [-0.2, 0) is 19.3 Å². The van der Waals surface area contributed by atoms with E-state index in [9.17, 15) is 0 Å². The van der Waals surface area contributed by atoms with E-state index < -0.39 is 0 Å². The summed E-state index contributed by atoms with van der Waals surface area (Å²) in [5.41, 5.74) is 5.28. The average Bonchev–Trinajstić information content (AvgIpc) is 2.71. The Hall–Kier alpha value is -1.81. The van der Waals surface area contributed by atoms with E-state index >= 15 is 0 Å². The van der Waals surface area contributed by atoms with Crippen molar-refractivity contribution in [2.45, 2.75) is 45.4 Å². The normalized spacial score (nSPS) is 13.8. The van der Waals surface area contributed by atoms with Gasteiger partial charge in [-0.1, -0.05) is 47.5 Å². The van der Waals surface area contributed by atoms with Crippen LogP contribution in [0.4, 0.5) is 0 Å². The lowest BCUT2D eigenvalue weighted by Gasteiger charge is -2.19. The minimum atomic E-state index is 0.915. The number of methoxy groups -OCH3 is 1. The molecule has 4 heteroatoms. The molecule has 0 saturated carbocycles. The fourth-order valence-corrected chi connectivity index (χ4v) is 3.95. The van der Waals surface area contributed by atoms with Crippen molar-refractivity contribution in [3.63, 3.8) is 0 Å². The van der Waals surface area contributed by atoms with Crippen molar-refractivity contribution in [2.75, 3.05) is 20.2 Å². The summed E-state index contributed by atoms with van der Waals surface area (Å²) in [5, 5.41) is 3.49. The van der Waals surface area contributed by atoms with Gasteiger partial charge in [-0.15, -0.1) is 0 Å². The van der Waals surface area contributed by atoms with Crippen LogP contribution < -0.4 is 10.1 Å². The van der Waals surface area contributed by atoms with Crippen molar-refractivity contribution in [3.05, 3.63) is 63.1 Å². The SMILES string of the molecule is CCCCc1ccc(C2=NCCCN2)c(CCc2cc(Br)ccc2OC)c1. The number of aryl methyl sites for hydroxylation is 3. The van der Waals surface area contributed by atoms with Crippen LogP contribution in [0.15, 0.2) is 45.9 Å². The Morgan fingerprint density at radius 3 is 2.67 bits per heavy atom. The number of aliphatic imine (C=N–C) groups is 1. The average molecular weight is 429 g/mol. The van der Waals surface area contributed by atoms with Crippen molar-refractivity contribution >= 4 is 21.8 Å². The Labute approximate surface area is 171 Å². The molecule has 0 fully saturated rings. The van der Waals surface area contributed by atoms with E-state index in [1.54, 1.807) is 7.11 Å². The lowest BCUT2D eigenvalue weighted by Crippen LogP contribution is -2.31.